The second kappa shape index (κ2) is 9.45. The fraction of sp³-hybridized carbons (Fsp3) is 0.276. The number of hydrogen-bond donors (Lipinski definition) is 1. The highest BCUT2D eigenvalue weighted by Gasteiger charge is 2.33. The molecule has 0 saturated heterocycles. The molecule has 1 heterocycles. The molecule has 5 rings (SSSR count). The first-order chi connectivity index (χ1) is 16.9. The van der Waals surface area contributed by atoms with Crippen molar-refractivity contribution in [2.45, 2.75) is 45.9 Å². The summed E-state index contributed by atoms with van der Waals surface area (Å²) in [6, 6.07) is 18.1. The molecule has 1 aromatic heterocycles. The van der Waals surface area contributed by atoms with E-state index in [0.717, 1.165) is 40.6 Å². The van der Waals surface area contributed by atoms with Crippen molar-refractivity contribution < 1.29 is 18.7 Å². The van der Waals surface area contributed by atoms with Gasteiger partial charge in [-0.25, -0.2) is 4.39 Å². The van der Waals surface area contributed by atoms with Crippen molar-refractivity contribution in [1.82, 2.24) is 9.88 Å². The topological polar surface area (TPSA) is 54.6 Å². The van der Waals surface area contributed by atoms with E-state index in [1.807, 2.05) is 48.2 Å². The van der Waals surface area contributed by atoms with Crippen LogP contribution in [0.3, 0.4) is 0 Å². The average molecular weight is 473 g/mol. The Morgan fingerprint density at radius 2 is 1.74 bits per heavy atom. The third kappa shape index (κ3) is 4.87. The number of hydrogen-bond acceptors (Lipinski definition) is 3. The monoisotopic (exact) mass is 472 g/mol. The molecule has 4 aromatic rings. The zero-order chi connectivity index (χ0) is 24.5. The summed E-state index contributed by atoms with van der Waals surface area (Å²) < 4.78 is 24.6. The standard InChI is InChI=1S/C29H29FN2O3/c1-18-19(2)31-26-12-7-22(15-25(18)26)29(33)32(24-10-11-24)16-21-6-13-27(28(14-21)34-3)35-17-20-4-8-23(30)9-5-20/h4-9,12-15,24,31H,10-11,16-17H2,1-3H3. The predicted molar refractivity (Wildman–Crippen MR) is 134 cm³/mol. The number of methoxy groups -OCH3 is 1. The molecule has 0 atom stereocenters. The third-order valence-corrected chi connectivity index (χ3v) is 6.69. The van der Waals surface area contributed by atoms with Gasteiger partial charge in [0.2, 0.25) is 0 Å². The van der Waals surface area contributed by atoms with Gasteiger partial charge in [-0.15, -0.1) is 0 Å². The van der Waals surface area contributed by atoms with E-state index in [2.05, 4.69) is 11.9 Å². The maximum absolute atomic E-state index is 13.5. The number of aromatic amines is 1. The van der Waals surface area contributed by atoms with Crippen LogP contribution in [0.15, 0.2) is 60.7 Å². The molecule has 0 aliphatic heterocycles. The maximum atomic E-state index is 13.5. The fourth-order valence-corrected chi connectivity index (χ4v) is 4.38. The molecule has 180 valence electrons. The summed E-state index contributed by atoms with van der Waals surface area (Å²) in [5, 5.41) is 1.09. The summed E-state index contributed by atoms with van der Waals surface area (Å²) in [6.07, 6.45) is 2.04. The molecule has 6 heteroatoms. The van der Waals surface area contributed by atoms with Crippen LogP contribution in [0.4, 0.5) is 4.39 Å². The summed E-state index contributed by atoms with van der Waals surface area (Å²) in [5.41, 5.74) is 5.90. The molecule has 0 bridgehead atoms. The zero-order valence-corrected chi connectivity index (χ0v) is 20.2. The zero-order valence-electron chi connectivity index (χ0n) is 20.2. The van der Waals surface area contributed by atoms with E-state index in [-0.39, 0.29) is 17.8 Å². The number of aromatic nitrogens is 1. The van der Waals surface area contributed by atoms with Crippen LogP contribution < -0.4 is 9.47 Å². The Bertz CT molecular complexity index is 1370. The number of benzene rings is 3. The van der Waals surface area contributed by atoms with Crippen molar-refractivity contribution in [2.24, 2.45) is 0 Å². The number of rotatable bonds is 8. The van der Waals surface area contributed by atoms with Crippen LogP contribution in [0, 0.1) is 19.7 Å². The van der Waals surface area contributed by atoms with Gasteiger partial charge < -0.3 is 19.4 Å². The van der Waals surface area contributed by atoms with Gasteiger partial charge in [-0.05, 0) is 85.8 Å². The number of aryl methyl sites for hydroxylation is 2. The van der Waals surface area contributed by atoms with Gasteiger partial charge in [0.15, 0.2) is 11.5 Å². The minimum absolute atomic E-state index is 0.0447. The molecule has 1 N–H and O–H groups in total. The number of nitrogens with zero attached hydrogens (tertiary/aromatic N) is 1. The van der Waals surface area contributed by atoms with Crippen LogP contribution >= 0.6 is 0 Å². The first-order valence-corrected chi connectivity index (χ1v) is 11.9. The molecule has 1 saturated carbocycles. The molecule has 1 fully saturated rings. The van der Waals surface area contributed by atoms with Gasteiger partial charge in [-0.3, -0.25) is 4.79 Å². The van der Waals surface area contributed by atoms with Crippen molar-refractivity contribution in [1.29, 1.82) is 0 Å². The fourth-order valence-electron chi connectivity index (χ4n) is 4.38. The quantitative estimate of drug-likeness (QED) is 0.327. The highest BCUT2D eigenvalue weighted by molar-refractivity contribution is 5.99. The maximum Gasteiger partial charge on any atom is 0.254 e. The van der Waals surface area contributed by atoms with Crippen molar-refractivity contribution in [3.63, 3.8) is 0 Å². The minimum Gasteiger partial charge on any atom is -0.493 e. The summed E-state index contributed by atoms with van der Waals surface area (Å²) in [7, 11) is 1.60. The average Bonchev–Trinajstić information content (AvgIpc) is 3.67. The number of carbonyl (C=O) groups excluding carboxylic acids is 1. The van der Waals surface area contributed by atoms with Gasteiger partial charge in [-0.2, -0.15) is 0 Å². The van der Waals surface area contributed by atoms with E-state index >= 15 is 0 Å². The summed E-state index contributed by atoms with van der Waals surface area (Å²) in [5.74, 6) is 0.980. The molecule has 1 amide bonds. The number of amides is 1. The highest BCUT2D eigenvalue weighted by atomic mass is 19.1. The van der Waals surface area contributed by atoms with Crippen LogP contribution in [0.25, 0.3) is 10.9 Å². The normalized spacial score (nSPS) is 13.1. The van der Waals surface area contributed by atoms with E-state index in [0.29, 0.717) is 30.2 Å². The SMILES string of the molecule is COc1cc(CN(C(=O)c2ccc3[nH]c(C)c(C)c3c2)C2CC2)ccc1OCc1ccc(F)cc1. The molecular formula is C29H29FN2O3. The number of ether oxygens (including phenoxy) is 2. The lowest BCUT2D eigenvalue weighted by Crippen LogP contribution is -2.32. The Morgan fingerprint density at radius 3 is 2.46 bits per heavy atom. The second-order valence-electron chi connectivity index (χ2n) is 9.20. The molecule has 35 heavy (non-hydrogen) atoms. The molecule has 0 radical (unpaired) electrons. The van der Waals surface area contributed by atoms with E-state index in [9.17, 15) is 9.18 Å². The van der Waals surface area contributed by atoms with Crippen LogP contribution in [0.2, 0.25) is 0 Å². The largest absolute Gasteiger partial charge is 0.493 e. The van der Waals surface area contributed by atoms with E-state index in [1.54, 1.807) is 19.2 Å². The van der Waals surface area contributed by atoms with Crippen LogP contribution in [-0.2, 0) is 13.2 Å². The van der Waals surface area contributed by atoms with Crippen molar-refractivity contribution in [2.75, 3.05) is 7.11 Å². The van der Waals surface area contributed by atoms with E-state index < -0.39 is 0 Å². The Morgan fingerprint density at radius 1 is 1.00 bits per heavy atom. The number of nitrogens with one attached hydrogen (secondary N) is 1. The van der Waals surface area contributed by atoms with E-state index in [1.165, 1.54) is 17.7 Å². The lowest BCUT2D eigenvalue weighted by molar-refractivity contribution is 0.0730. The number of carbonyl (C=O) groups is 1. The number of H-pyrrole nitrogens is 1. The minimum atomic E-state index is -0.274. The van der Waals surface area contributed by atoms with Crippen LogP contribution in [-0.4, -0.2) is 28.9 Å². The number of halogens is 1. The van der Waals surface area contributed by atoms with Crippen molar-refractivity contribution in [3.8, 4) is 11.5 Å². The molecule has 0 spiro atoms. The van der Waals surface area contributed by atoms with Gasteiger partial charge >= 0.3 is 0 Å². The summed E-state index contributed by atoms with van der Waals surface area (Å²) >= 11 is 0. The second-order valence-corrected chi connectivity index (χ2v) is 9.20. The molecule has 5 nitrogen and oxygen atoms in total. The Labute approximate surface area is 204 Å². The van der Waals surface area contributed by atoms with Gasteiger partial charge in [0, 0.05) is 34.7 Å². The summed E-state index contributed by atoms with van der Waals surface area (Å²) in [6.45, 7) is 4.94. The van der Waals surface area contributed by atoms with Crippen LogP contribution in [0.5, 0.6) is 11.5 Å². The smallest absolute Gasteiger partial charge is 0.254 e. The Balaban J connectivity index is 1.34. The number of fused-ring (bicyclic) bond motifs is 1. The summed E-state index contributed by atoms with van der Waals surface area (Å²) in [4.78, 5) is 18.9. The third-order valence-electron chi connectivity index (χ3n) is 6.69. The first-order valence-electron chi connectivity index (χ1n) is 11.9. The molecule has 0 unspecified atom stereocenters. The molecular weight excluding hydrogens is 443 g/mol. The van der Waals surface area contributed by atoms with E-state index in [4.69, 9.17) is 9.47 Å². The molecule has 1 aliphatic rings. The van der Waals surface area contributed by atoms with Gasteiger partial charge in [0.1, 0.15) is 12.4 Å². The van der Waals surface area contributed by atoms with Gasteiger partial charge in [-0.1, -0.05) is 18.2 Å². The first kappa shape index (κ1) is 23.0. The molecule has 3 aromatic carbocycles. The van der Waals surface area contributed by atoms with Crippen molar-refractivity contribution >= 4 is 16.8 Å². The predicted octanol–water partition coefficient (Wildman–Crippen LogP) is 6.32. The Kier molecular flexibility index (Phi) is 6.20. The lowest BCUT2D eigenvalue weighted by atomic mass is 10.1. The highest BCUT2D eigenvalue weighted by Crippen LogP contribution is 2.34. The van der Waals surface area contributed by atoms with Gasteiger partial charge in [0.25, 0.3) is 5.91 Å². The lowest BCUT2D eigenvalue weighted by Gasteiger charge is -2.23. The van der Waals surface area contributed by atoms with Gasteiger partial charge in [0.05, 0.1) is 7.11 Å². The van der Waals surface area contributed by atoms with Crippen molar-refractivity contribution in [3.05, 3.63) is 94.4 Å². The Hall–Kier alpha value is -3.80. The molecule has 1 aliphatic carbocycles. The van der Waals surface area contributed by atoms with Crippen LogP contribution in [0.1, 0.15) is 45.6 Å².